The lowest BCUT2D eigenvalue weighted by Crippen LogP contribution is -2.37. The summed E-state index contributed by atoms with van der Waals surface area (Å²) in [7, 11) is 1.64. The highest BCUT2D eigenvalue weighted by atomic mass is 16.5. The van der Waals surface area contributed by atoms with E-state index >= 15 is 0 Å². The van der Waals surface area contributed by atoms with E-state index in [1.54, 1.807) is 7.11 Å². The summed E-state index contributed by atoms with van der Waals surface area (Å²) in [6, 6.07) is 5.69. The summed E-state index contributed by atoms with van der Waals surface area (Å²) in [5, 5.41) is 3.29. The van der Waals surface area contributed by atoms with Crippen molar-refractivity contribution in [1.82, 2.24) is 10.9 Å². The van der Waals surface area contributed by atoms with Crippen LogP contribution in [-0.4, -0.2) is 26.2 Å². The van der Waals surface area contributed by atoms with Gasteiger partial charge in [0.25, 0.3) is 5.91 Å². The highest BCUT2D eigenvalue weighted by molar-refractivity contribution is 6.05. The van der Waals surface area contributed by atoms with Crippen molar-refractivity contribution in [3.8, 4) is 0 Å². The number of benzene rings is 1. The maximum atomic E-state index is 11.9. The van der Waals surface area contributed by atoms with Gasteiger partial charge in [0.2, 0.25) is 0 Å². The molecule has 5 nitrogen and oxygen atoms in total. The van der Waals surface area contributed by atoms with E-state index in [-0.39, 0.29) is 5.91 Å². The van der Waals surface area contributed by atoms with Crippen molar-refractivity contribution in [1.29, 1.82) is 0 Å². The first-order valence-electron chi connectivity index (χ1n) is 5.46. The minimum atomic E-state index is -0.117. The van der Waals surface area contributed by atoms with Gasteiger partial charge < -0.3 is 10.1 Å². The van der Waals surface area contributed by atoms with Crippen molar-refractivity contribution in [2.45, 2.75) is 0 Å². The maximum Gasteiger partial charge on any atom is 0.270 e. The molecule has 0 unspecified atom stereocenters. The number of hydrogen-bond donors (Lipinski definition) is 3. The second-order valence-corrected chi connectivity index (χ2v) is 4.05. The quantitative estimate of drug-likeness (QED) is 0.701. The molecule has 3 N–H and O–H groups in total. The van der Waals surface area contributed by atoms with Crippen LogP contribution in [0.2, 0.25) is 0 Å². The zero-order valence-corrected chi connectivity index (χ0v) is 9.46. The molecule has 17 heavy (non-hydrogen) atoms. The lowest BCUT2D eigenvalue weighted by molar-refractivity contribution is 0.0937. The fraction of sp³-hybridized carbons (Fsp3) is 0.250. The third kappa shape index (κ3) is 1.47. The molecular weight excluding hydrogens is 218 g/mol. The molecule has 2 aliphatic heterocycles. The van der Waals surface area contributed by atoms with Crippen molar-refractivity contribution in [3.63, 3.8) is 0 Å². The zero-order valence-electron chi connectivity index (χ0n) is 9.46. The number of hydrogen-bond acceptors (Lipinski definition) is 4. The number of carbonyl (C=O) groups is 1. The Morgan fingerprint density at radius 2 is 2.24 bits per heavy atom. The van der Waals surface area contributed by atoms with E-state index in [0.717, 1.165) is 22.5 Å². The highest BCUT2D eigenvalue weighted by Crippen LogP contribution is 2.35. The lowest BCUT2D eigenvalue weighted by atomic mass is 9.99. The second-order valence-electron chi connectivity index (χ2n) is 4.05. The van der Waals surface area contributed by atoms with Crippen molar-refractivity contribution >= 4 is 17.2 Å². The molecule has 88 valence electrons. The van der Waals surface area contributed by atoms with E-state index in [0.29, 0.717) is 18.7 Å². The normalized spacial score (nSPS) is 16.9. The summed E-state index contributed by atoms with van der Waals surface area (Å²) in [5.41, 5.74) is 10.3. The molecular formula is C12H13N3O2. The second kappa shape index (κ2) is 3.78. The maximum absolute atomic E-state index is 11.9. The predicted molar refractivity (Wildman–Crippen MR) is 64.3 cm³/mol. The molecule has 2 heterocycles. The number of methoxy groups -OCH3 is 1. The molecule has 1 aromatic rings. The smallest absolute Gasteiger partial charge is 0.270 e. The molecule has 0 aromatic heterocycles. The summed E-state index contributed by atoms with van der Waals surface area (Å²) in [4.78, 5) is 11.9. The minimum absolute atomic E-state index is 0.117. The Hall–Kier alpha value is -2.01. The summed E-state index contributed by atoms with van der Waals surface area (Å²) in [6.07, 6.45) is 0. The number of ether oxygens (including phenoxy) is 1. The Morgan fingerprint density at radius 3 is 3.06 bits per heavy atom. The number of anilines is 1. The van der Waals surface area contributed by atoms with Gasteiger partial charge in [-0.3, -0.25) is 15.6 Å². The zero-order chi connectivity index (χ0) is 11.8. The van der Waals surface area contributed by atoms with Gasteiger partial charge in [-0.05, 0) is 12.1 Å². The third-order valence-electron chi connectivity index (χ3n) is 3.05. The van der Waals surface area contributed by atoms with E-state index in [1.165, 1.54) is 0 Å². The Kier molecular flexibility index (Phi) is 2.26. The van der Waals surface area contributed by atoms with E-state index in [4.69, 9.17) is 4.74 Å². The van der Waals surface area contributed by atoms with Gasteiger partial charge in [-0.2, -0.15) is 0 Å². The molecule has 0 bridgehead atoms. The largest absolute Gasteiger partial charge is 0.380 e. The van der Waals surface area contributed by atoms with Crippen LogP contribution in [0.15, 0.2) is 23.9 Å². The van der Waals surface area contributed by atoms with Crippen LogP contribution < -0.4 is 16.2 Å². The number of hydrazine groups is 1. The van der Waals surface area contributed by atoms with Gasteiger partial charge in [0.1, 0.15) is 0 Å². The first kappa shape index (κ1) is 10.2. The summed E-state index contributed by atoms with van der Waals surface area (Å²) < 4.78 is 5.14. The highest BCUT2D eigenvalue weighted by Gasteiger charge is 2.27. The van der Waals surface area contributed by atoms with Crippen molar-refractivity contribution in [2.75, 3.05) is 25.6 Å². The summed E-state index contributed by atoms with van der Waals surface area (Å²) in [6.45, 7) is 1.16. The lowest BCUT2D eigenvalue weighted by Gasteiger charge is -2.10. The third-order valence-corrected chi connectivity index (χ3v) is 3.05. The van der Waals surface area contributed by atoms with Crippen LogP contribution in [0.4, 0.5) is 5.69 Å². The van der Waals surface area contributed by atoms with E-state index in [2.05, 4.69) is 16.2 Å². The molecule has 3 rings (SSSR count). The molecule has 0 aliphatic carbocycles. The number of rotatable bonds is 2. The average Bonchev–Trinajstić information content (AvgIpc) is 2.72. The standard InChI is InChI=1S/C12H13N3O2/c1-17-6-10-8-5-13-9-4-2-3-7(11(8)9)12(16)15-14-10/h2-4,13-14H,5-6H2,1H3,(H,15,16). The topological polar surface area (TPSA) is 62.4 Å². The van der Waals surface area contributed by atoms with E-state index in [9.17, 15) is 4.79 Å². The first-order valence-corrected chi connectivity index (χ1v) is 5.46. The average molecular weight is 231 g/mol. The Labute approximate surface area is 98.8 Å². The van der Waals surface area contributed by atoms with Crippen molar-refractivity contribution < 1.29 is 9.53 Å². The molecule has 0 fully saturated rings. The van der Waals surface area contributed by atoms with Gasteiger partial charge in [0, 0.05) is 30.5 Å². The molecule has 5 heteroatoms. The molecule has 0 saturated carbocycles. The number of carbonyl (C=O) groups excluding carboxylic acids is 1. The SMILES string of the molecule is COCC1=C2CNc3cccc(c32)C(=O)NN1. The summed E-state index contributed by atoms with van der Waals surface area (Å²) >= 11 is 0. The molecule has 0 radical (unpaired) electrons. The van der Waals surface area contributed by atoms with Crippen LogP contribution in [0.3, 0.4) is 0 Å². The molecule has 0 atom stereocenters. The first-order chi connectivity index (χ1) is 8.31. The van der Waals surface area contributed by atoms with E-state index in [1.807, 2.05) is 18.2 Å². The monoisotopic (exact) mass is 231 g/mol. The predicted octanol–water partition coefficient (Wildman–Crippen LogP) is 0.718. The van der Waals surface area contributed by atoms with Gasteiger partial charge in [-0.25, -0.2) is 0 Å². The molecule has 1 amide bonds. The van der Waals surface area contributed by atoms with Gasteiger partial charge in [0.05, 0.1) is 17.9 Å². The Bertz CT molecular complexity index is 522. The molecule has 2 aliphatic rings. The minimum Gasteiger partial charge on any atom is -0.380 e. The summed E-state index contributed by atoms with van der Waals surface area (Å²) in [5.74, 6) is -0.117. The van der Waals surface area contributed by atoms with Crippen molar-refractivity contribution in [2.24, 2.45) is 0 Å². The van der Waals surface area contributed by atoms with Crippen LogP contribution in [-0.2, 0) is 4.74 Å². The Morgan fingerprint density at radius 1 is 1.35 bits per heavy atom. The number of nitrogens with one attached hydrogen (secondary N) is 3. The van der Waals surface area contributed by atoms with Crippen LogP contribution in [0.1, 0.15) is 15.9 Å². The van der Waals surface area contributed by atoms with E-state index < -0.39 is 0 Å². The van der Waals surface area contributed by atoms with Gasteiger partial charge in [-0.15, -0.1) is 0 Å². The fourth-order valence-corrected chi connectivity index (χ4v) is 2.29. The van der Waals surface area contributed by atoms with Crippen LogP contribution >= 0.6 is 0 Å². The van der Waals surface area contributed by atoms with Crippen LogP contribution in [0.25, 0.3) is 5.57 Å². The van der Waals surface area contributed by atoms with Crippen LogP contribution in [0, 0.1) is 0 Å². The fourth-order valence-electron chi connectivity index (χ4n) is 2.29. The van der Waals surface area contributed by atoms with Crippen LogP contribution in [0.5, 0.6) is 0 Å². The molecule has 1 aromatic carbocycles. The van der Waals surface area contributed by atoms with Gasteiger partial charge in [0.15, 0.2) is 0 Å². The molecule has 0 spiro atoms. The Balaban J connectivity index is 2.21. The number of amides is 1. The molecule has 0 saturated heterocycles. The van der Waals surface area contributed by atoms with Gasteiger partial charge in [-0.1, -0.05) is 6.07 Å². The van der Waals surface area contributed by atoms with Crippen molar-refractivity contribution in [3.05, 3.63) is 35.0 Å². The van der Waals surface area contributed by atoms with Gasteiger partial charge >= 0.3 is 0 Å².